The minimum absolute atomic E-state index is 0.129. The average molecular weight is 217 g/mol. The molecular weight excluding hydrogens is 211 g/mol. The molecule has 0 amide bonds. The van der Waals surface area contributed by atoms with Gasteiger partial charge in [-0.05, 0) is 42.9 Å². The SMILES string of the molecule is Cc1cc(N=C=S)ccc1C(F)(F)F. The predicted molar refractivity (Wildman–Crippen MR) is 50.9 cm³/mol. The van der Waals surface area contributed by atoms with Crippen molar-refractivity contribution in [1.82, 2.24) is 0 Å². The number of isothiocyanates is 1. The fourth-order valence-corrected chi connectivity index (χ4v) is 1.19. The highest BCUT2D eigenvalue weighted by molar-refractivity contribution is 7.78. The van der Waals surface area contributed by atoms with Crippen molar-refractivity contribution in [2.45, 2.75) is 13.1 Å². The zero-order valence-corrected chi connectivity index (χ0v) is 8.04. The third kappa shape index (κ3) is 2.40. The van der Waals surface area contributed by atoms with Gasteiger partial charge in [-0.2, -0.15) is 18.2 Å². The second-order valence-electron chi connectivity index (χ2n) is 2.70. The summed E-state index contributed by atoms with van der Waals surface area (Å²) in [7, 11) is 0. The van der Waals surface area contributed by atoms with E-state index < -0.39 is 11.7 Å². The summed E-state index contributed by atoms with van der Waals surface area (Å²) in [6, 6.07) is 3.57. The maximum atomic E-state index is 12.3. The van der Waals surface area contributed by atoms with E-state index in [1.807, 2.05) is 0 Å². The molecule has 1 aromatic rings. The van der Waals surface area contributed by atoms with Crippen molar-refractivity contribution in [1.29, 1.82) is 0 Å². The Hall–Kier alpha value is -1.19. The maximum absolute atomic E-state index is 12.3. The number of benzene rings is 1. The van der Waals surface area contributed by atoms with E-state index in [0.29, 0.717) is 5.69 Å². The number of thiocarbonyl (C=S) groups is 1. The van der Waals surface area contributed by atoms with Gasteiger partial charge in [0, 0.05) is 0 Å². The predicted octanol–water partition coefficient (Wildman–Crippen LogP) is 3.75. The molecule has 0 unspecified atom stereocenters. The monoisotopic (exact) mass is 217 g/mol. The van der Waals surface area contributed by atoms with Crippen LogP contribution in [-0.4, -0.2) is 5.16 Å². The standard InChI is InChI=1S/C9H6F3NS/c1-6-4-7(13-5-14)2-3-8(6)9(10,11)12/h2-4H,1H3. The second kappa shape index (κ2) is 3.90. The highest BCUT2D eigenvalue weighted by Crippen LogP contribution is 2.33. The Balaban J connectivity index is 3.20. The second-order valence-corrected chi connectivity index (χ2v) is 2.88. The lowest BCUT2D eigenvalue weighted by Crippen LogP contribution is -2.06. The van der Waals surface area contributed by atoms with Crippen molar-refractivity contribution < 1.29 is 13.2 Å². The first-order chi connectivity index (χ1) is 6.45. The van der Waals surface area contributed by atoms with Gasteiger partial charge in [0.25, 0.3) is 0 Å². The van der Waals surface area contributed by atoms with E-state index in [1.165, 1.54) is 19.1 Å². The normalized spacial score (nSPS) is 10.9. The molecule has 5 heteroatoms. The molecule has 1 aromatic carbocycles. The zero-order chi connectivity index (χ0) is 10.8. The van der Waals surface area contributed by atoms with Gasteiger partial charge in [-0.3, -0.25) is 0 Å². The van der Waals surface area contributed by atoms with Gasteiger partial charge in [0.15, 0.2) is 0 Å². The molecule has 14 heavy (non-hydrogen) atoms. The summed E-state index contributed by atoms with van der Waals surface area (Å²) < 4.78 is 36.9. The topological polar surface area (TPSA) is 12.4 Å². The van der Waals surface area contributed by atoms with E-state index in [0.717, 1.165) is 6.07 Å². The number of alkyl halides is 3. The van der Waals surface area contributed by atoms with Gasteiger partial charge in [0.2, 0.25) is 0 Å². The molecule has 74 valence electrons. The minimum atomic E-state index is -4.32. The molecule has 0 aliphatic rings. The molecule has 1 rings (SSSR count). The zero-order valence-electron chi connectivity index (χ0n) is 7.22. The van der Waals surface area contributed by atoms with E-state index >= 15 is 0 Å². The van der Waals surface area contributed by atoms with Crippen LogP contribution in [0.2, 0.25) is 0 Å². The van der Waals surface area contributed by atoms with Crippen LogP contribution >= 0.6 is 12.2 Å². The molecule has 0 saturated carbocycles. The summed E-state index contributed by atoms with van der Waals surface area (Å²) in [5, 5.41) is 2.10. The van der Waals surface area contributed by atoms with Crippen LogP contribution < -0.4 is 0 Å². The first kappa shape index (κ1) is 10.9. The molecule has 0 aliphatic carbocycles. The summed E-state index contributed by atoms with van der Waals surface area (Å²) in [6.07, 6.45) is -4.32. The Morgan fingerprint density at radius 2 is 2.00 bits per heavy atom. The van der Waals surface area contributed by atoms with E-state index in [-0.39, 0.29) is 5.56 Å². The first-order valence-corrected chi connectivity index (χ1v) is 4.11. The van der Waals surface area contributed by atoms with Gasteiger partial charge in [-0.25, -0.2) is 0 Å². The van der Waals surface area contributed by atoms with Crippen LogP contribution in [0.4, 0.5) is 18.9 Å². The number of aliphatic imine (C=N–C) groups is 1. The summed E-state index contributed by atoms with van der Waals surface area (Å²) in [4.78, 5) is 3.59. The first-order valence-electron chi connectivity index (χ1n) is 3.71. The van der Waals surface area contributed by atoms with Crippen molar-refractivity contribution in [3.8, 4) is 0 Å². The molecule has 0 spiro atoms. The van der Waals surface area contributed by atoms with E-state index in [4.69, 9.17) is 0 Å². The fourth-order valence-electron chi connectivity index (χ4n) is 1.09. The van der Waals surface area contributed by atoms with E-state index in [2.05, 4.69) is 22.4 Å². The maximum Gasteiger partial charge on any atom is 0.416 e. The van der Waals surface area contributed by atoms with Gasteiger partial charge >= 0.3 is 6.18 Å². The lowest BCUT2D eigenvalue weighted by molar-refractivity contribution is -0.138. The van der Waals surface area contributed by atoms with Crippen LogP contribution in [0, 0.1) is 6.92 Å². The lowest BCUT2D eigenvalue weighted by atomic mass is 10.1. The lowest BCUT2D eigenvalue weighted by Gasteiger charge is -2.09. The van der Waals surface area contributed by atoms with Crippen LogP contribution in [0.15, 0.2) is 23.2 Å². The van der Waals surface area contributed by atoms with Crippen LogP contribution in [0.3, 0.4) is 0 Å². The average Bonchev–Trinajstić information content (AvgIpc) is 2.02. The number of aryl methyl sites for hydroxylation is 1. The summed E-state index contributed by atoms with van der Waals surface area (Å²) in [5.74, 6) is 0. The summed E-state index contributed by atoms with van der Waals surface area (Å²) in [6.45, 7) is 1.38. The highest BCUT2D eigenvalue weighted by atomic mass is 32.1. The smallest absolute Gasteiger partial charge is 0.195 e. The van der Waals surface area contributed by atoms with Crippen molar-refractivity contribution in [2.75, 3.05) is 0 Å². The Labute approximate surface area is 84.3 Å². The molecule has 0 radical (unpaired) electrons. The molecule has 0 bridgehead atoms. The Bertz CT molecular complexity index is 392. The van der Waals surface area contributed by atoms with Gasteiger partial charge in [-0.1, -0.05) is 0 Å². The number of hydrogen-bond acceptors (Lipinski definition) is 2. The fraction of sp³-hybridized carbons (Fsp3) is 0.222. The Morgan fingerprint density at radius 1 is 1.36 bits per heavy atom. The summed E-state index contributed by atoms with van der Waals surface area (Å²) >= 11 is 4.34. The highest BCUT2D eigenvalue weighted by Gasteiger charge is 2.31. The molecular formula is C9H6F3NS. The van der Waals surface area contributed by atoms with Crippen molar-refractivity contribution in [2.24, 2.45) is 4.99 Å². The van der Waals surface area contributed by atoms with Crippen LogP contribution in [0.25, 0.3) is 0 Å². The third-order valence-corrected chi connectivity index (χ3v) is 1.78. The van der Waals surface area contributed by atoms with Crippen molar-refractivity contribution in [3.63, 3.8) is 0 Å². The third-order valence-electron chi connectivity index (χ3n) is 1.69. The number of nitrogens with zero attached hydrogens (tertiary/aromatic N) is 1. The Kier molecular flexibility index (Phi) is 3.03. The molecule has 0 saturated heterocycles. The van der Waals surface area contributed by atoms with Gasteiger partial charge in [0.05, 0.1) is 16.4 Å². The van der Waals surface area contributed by atoms with Crippen molar-refractivity contribution >= 4 is 23.1 Å². The van der Waals surface area contributed by atoms with E-state index in [9.17, 15) is 13.2 Å². The molecule has 0 aromatic heterocycles. The largest absolute Gasteiger partial charge is 0.416 e. The molecule has 0 heterocycles. The van der Waals surface area contributed by atoms with Crippen LogP contribution in [0.5, 0.6) is 0 Å². The molecule has 0 atom stereocenters. The van der Waals surface area contributed by atoms with Crippen LogP contribution in [-0.2, 0) is 6.18 Å². The number of rotatable bonds is 1. The van der Waals surface area contributed by atoms with Gasteiger partial charge in [-0.15, -0.1) is 0 Å². The molecule has 0 N–H and O–H groups in total. The molecule has 0 aliphatic heterocycles. The molecule has 0 fully saturated rings. The quantitative estimate of drug-likeness (QED) is 0.515. The van der Waals surface area contributed by atoms with Crippen molar-refractivity contribution in [3.05, 3.63) is 29.3 Å². The minimum Gasteiger partial charge on any atom is -0.195 e. The molecule has 1 nitrogen and oxygen atoms in total. The number of halogens is 3. The van der Waals surface area contributed by atoms with Crippen LogP contribution in [0.1, 0.15) is 11.1 Å². The van der Waals surface area contributed by atoms with Gasteiger partial charge < -0.3 is 0 Å². The van der Waals surface area contributed by atoms with E-state index in [1.54, 1.807) is 0 Å². The van der Waals surface area contributed by atoms with Gasteiger partial charge in [0.1, 0.15) is 0 Å². The number of hydrogen-bond donors (Lipinski definition) is 0. The Morgan fingerprint density at radius 3 is 2.43 bits per heavy atom. The summed E-state index contributed by atoms with van der Waals surface area (Å²) in [5.41, 5.74) is -0.143.